The van der Waals surface area contributed by atoms with Crippen LogP contribution in [0.15, 0.2) is 0 Å². The van der Waals surface area contributed by atoms with Gasteiger partial charge < -0.3 is 9.80 Å². The lowest BCUT2D eigenvalue weighted by molar-refractivity contribution is -0.135. The van der Waals surface area contributed by atoms with Gasteiger partial charge in [0.2, 0.25) is 5.91 Å². The molecule has 4 unspecified atom stereocenters. The number of nitrogens with zero attached hydrogens (tertiary/aromatic N) is 2. The lowest BCUT2D eigenvalue weighted by Crippen LogP contribution is -2.57. The summed E-state index contributed by atoms with van der Waals surface area (Å²) in [6.45, 7) is 4.33. The number of nitrogens with one attached hydrogen (secondary N) is 1. The molecule has 1 N–H and O–H groups in total. The highest BCUT2D eigenvalue weighted by molar-refractivity contribution is 5.84. The van der Waals surface area contributed by atoms with Crippen LogP contribution in [0.2, 0.25) is 0 Å². The van der Waals surface area contributed by atoms with E-state index >= 15 is 0 Å². The standard InChI is InChI=1S/C17H31N3O/c1-4-7-16-18-15(5-2)17(21)20(16)14-10-12-8-6-9-13(11-14)19(12)3/h12-16,18H,4-11H2,1-3H3. The molecule has 3 heterocycles. The number of hydrogen-bond donors (Lipinski definition) is 1. The molecule has 3 aliphatic rings. The number of fused-ring (bicyclic) bond motifs is 2. The minimum atomic E-state index is 0.0565. The second kappa shape index (κ2) is 6.25. The molecule has 3 saturated heterocycles. The van der Waals surface area contributed by atoms with Crippen LogP contribution in [0, 0.1) is 0 Å². The molecule has 0 radical (unpaired) electrons. The first-order chi connectivity index (χ1) is 10.2. The van der Waals surface area contributed by atoms with E-state index in [1.54, 1.807) is 0 Å². The summed E-state index contributed by atoms with van der Waals surface area (Å²) in [6, 6.07) is 1.90. The molecule has 1 amide bonds. The molecule has 0 aliphatic carbocycles. The van der Waals surface area contributed by atoms with Crippen molar-refractivity contribution in [1.82, 2.24) is 15.1 Å². The quantitative estimate of drug-likeness (QED) is 0.864. The zero-order valence-corrected chi connectivity index (χ0v) is 13.8. The highest BCUT2D eigenvalue weighted by Gasteiger charge is 2.45. The summed E-state index contributed by atoms with van der Waals surface area (Å²) in [5.41, 5.74) is 0. The fourth-order valence-corrected chi connectivity index (χ4v) is 4.75. The number of piperidine rings is 2. The lowest BCUT2D eigenvalue weighted by Gasteiger charge is -2.50. The Morgan fingerprint density at radius 2 is 1.81 bits per heavy atom. The van der Waals surface area contributed by atoms with Crippen molar-refractivity contribution in [3.8, 4) is 0 Å². The SMILES string of the molecule is CCCC1NC(CC)C(=O)N1C1CC2CCCC(C1)N2C. The van der Waals surface area contributed by atoms with Crippen LogP contribution in [0.3, 0.4) is 0 Å². The number of rotatable bonds is 4. The van der Waals surface area contributed by atoms with E-state index in [9.17, 15) is 4.79 Å². The Balaban J connectivity index is 1.76. The molecule has 120 valence electrons. The molecule has 21 heavy (non-hydrogen) atoms. The maximum Gasteiger partial charge on any atom is 0.241 e. The minimum Gasteiger partial charge on any atom is -0.323 e. The third-order valence-electron chi connectivity index (χ3n) is 5.96. The number of carbonyl (C=O) groups is 1. The van der Waals surface area contributed by atoms with Crippen LogP contribution in [-0.2, 0) is 4.79 Å². The predicted molar refractivity (Wildman–Crippen MR) is 85.0 cm³/mol. The topological polar surface area (TPSA) is 35.6 Å². The fourth-order valence-electron chi connectivity index (χ4n) is 4.75. The first-order valence-corrected chi connectivity index (χ1v) is 8.95. The first kappa shape index (κ1) is 15.3. The second-order valence-electron chi connectivity index (χ2n) is 7.21. The predicted octanol–water partition coefficient (Wildman–Crippen LogP) is 2.34. The molecule has 0 spiro atoms. The van der Waals surface area contributed by atoms with Crippen molar-refractivity contribution in [2.24, 2.45) is 0 Å². The molecule has 0 aromatic rings. The molecule has 0 aromatic heterocycles. The Kier molecular flexibility index (Phi) is 4.55. The minimum absolute atomic E-state index is 0.0565. The summed E-state index contributed by atoms with van der Waals surface area (Å²) >= 11 is 0. The van der Waals surface area contributed by atoms with Gasteiger partial charge in [0.1, 0.15) is 0 Å². The van der Waals surface area contributed by atoms with Crippen molar-refractivity contribution in [2.75, 3.05) is 7.05 Å². The molecule has 0 saturated carbocycles. The highest BCUT2D eigenvalue weighted by Crippen LogP contribution is 2.36. The number of hydrogen-bond acceptors (Lipinski definition) is 3. The Bertz CT molecular complexity index is 372. The van der Waals surface area contributed by atoms with Gasteiger partial charge in [-0.2, -0.15) is 0 Å². The normalized spacial score (nSPS) is 40.8. The van der Waals surface area contributed by atoms with Crippen LogP contribution in [0.5, 0.6) is 0 Å². The van der Waals surface area contributed by atoms with Crippen molar-refractivity contribution in [3.63, 3.8) is 0 Å². The summed E-state index contributed by atoms with van der Waals surface area (Å²) in [7, 11) is 2.28. The fraction of sp³-hybridized carbons (Fsp3) is 0.941. The Labute approximate surface area is 129 Å². The van der Waals surface area contributed by atoms with Crippen molar-refractivity contribution in [1.29, 1.82) is 0 Å². The molecular weight excluding hydrogens is 262 g/mol. The van der Waals surface area contributed by atoms with Gasteiger partial charge in [-0.3, -0.25) is 10.1 Å². The van der Waals surface area contributed by atoms with Gasteiger partial charge in [-0.1, -0.05) is 26.7 Å². The summed E-state index contributed by atoms with van der Waals surface area (Å²) in [6.07, 6.45) is 9.77. The molecular formula is C17H31N3O. The molecule has 3 rings (SSSR count). The Morgan fingerprint density at radius 1 is 1.14 bits per heavy atom. The summed E-state index contributed by atoms with van der Waals surface area (Å²) in [4.78, 5) is 17.6. The van der Waals surface area contributed by atoms with Gasteiger partial charge in [0, 0.05) is 18.1 Å². The van der Waals surface area contributed by atoms with Gasteiger partial charge in [-0.05, 0) is 45.6 Å². The van der Waals surface area contributed by atoms with E-state index < -0.39 is 0 Å². The van der Waals surface area contributed by atoms with Crippen molar-refractivity contribution < 1.29 is 4.79 Å². The van der Waals surface area contributed by atoms with E-state index in [1.807, 2.05) is 0 Å². The van der Waals surface area contributed by atoms with Crippen LogP contribution >= 0.6 is 0 Å². The Hall–Kier alpha value is -0.610. The van der Waals surface area contributed by atoms with E-state index in [-0.39, 0.29) is 12.2 Å². The molecule has 4 nitrogen and oxygen atoms in total. The van der Waals surface area contributed by atoms with Gasteiger partial charge >= 0.3 is 0 Å². The van der Waals surface area contributed by atoms with E-state index in [2.05, 4.69) is 36.0 Å². The third-order valence-corrected chi connectivity index (χ3v) is 5.96. The third kappa shape index (κ3) is 2.72. The van der Waals surface area contributed by atoms with E-state index in [0.29, 0.717) is 24.0 Å². The Morgan fingerprint density at radius 3 is 2.38 bits per heavy atom. The van der Waals surface area contributed by atoms with Gasteiger partial charge in [-0.25, -0.2) is 0 Å². The zero-order chi connectivity index (χ0) is 15.0. The maximum absolute atomic E-state index is 12.8. The molecule has 0 aromatic carbocycles. The maximum atomic E-state index is 12.8. The van der Waals surface area contributed by atoms with Crippen molar-refractivity contribution in [2.45, 2.75) is 95.5 Å². The monoisotopic (exact) mass is 293 g/mol. The smallest absolute Gasteiger partial charge is 0.241 e. The second-order valence-corrected chi connectivity index (χ2v) is 7.21. The summed E-state index contributed by atoms with van der Waals surface area (Å²) in [5, 5.41) is 3.58. The van der Waals surface area contributed by atoms with Gasteiger partial charge in [0.05, 0.1) is 12.2 Å². The van der Waals surface area contributed by atoms with Crippen molar-refractivity contribution in [3.05, 3.63) is 0 Å². The molecule has 3 aliphatic heterocycles. The molecule has 2 bridgehead atoms. The average Bonchev–Trinajstić information content (AvgIpc) is 2.75. The summed E-state index contributed by atoms with van der Waals surface area (Å²) in [5.74, 6) is 0.364. The average molecular weight is 293 g/mol. The number of amides is 1. The van der Waals surface area contributed by atoms with Crippen LogP contribution in [0.25, 0.3) is 0 Å². The van der Waals surface area contributed by atoms with Gasteiger partial charge in [-0.15, -0.1) is 0 Å². The van der Waals surface area contributed by atoms with E-state index in [4.69, 9.17) is 0 Å². The lowest BCUT2D eigenvalue weighted by atomic mass is 9.81. The van der Waals surface area contributed by atoms with Crippen LogP contribution in [0.4, 0.5) is 0 Å². The molecule has 4 heteroatoms. The molecule has 3 fully saturated rings. The van der Waals surface area contributed by atoms with Gasteiger partial charge in [0.25, 0.3) is 0 Å². The van der Waals surface area contributed by atoms with Gasteiger partial charge in [0.15, 0.2) is 0 Å². The van der Waals surface area contributed by atoms with E-state index in [1.165, 1.54) is 32.1 Å². The summed E-state index contributed by atoms with van der Waals surface area (Å²) < 4.78 is 0. The largest absolute Gasteiger partial charge is 0.323 e. The van der Waals surface area contributed by atoms with Crippen LogP contribution in [-0.4, -0.2) is 53.1 Å². The first-order valence-electron chi connectivity index (χ1n) is 8.95. The highest BCUT2D eigenvalue weighted by atomic mass is 16.2. The number of carbonyl (C=O) groups excluding carboxylic acids is 1. The zero-order valence-electron chi connectivity index (χ0n) is 13.8. The van der Waals surface area contributed by atoms with Crippen molar-refractivity contribution >= 4 is 5.91 Å². The molecule has 4 atom stereocenters. The van der Waals surface area contributed by atoms with Crippen LogP contribution in [0.1, 0.15) is 65.2 Å². The van der Waals surface area contributed by atoms with E-state index in [0.717, 1.165) is 19.3 Å². The van der Waals surface area contributed by atoms with Crippen LogP contribution < -0.4 is 5.32 Å².